The molecule has 2 fully saturated rings. The lowest BCUT2D eigenvalue weighted by molar-refractivity contribution is 0.0936. The number of carbonyl (C=O) groups excluding carboxylic acids is 1. The molecule has 1 aromatic heterocycles. The molecule has 0 unspecified atom stereocenters. The van der Waals surface area contributed by atoms with E-state index < -0.39 is 0 Å². The monoisotopic (exact) mass is 296 g/mol. The normalized spacial score (nSPS) is 21.3. The van der Waals surface area contributed by atoms with Gasteiger partial charge in [-0.1, -0.05) is 6.92 Å². The first-order valence-electron chi connectivity index (χ1n) is 6.23. The molecular weight excluding hydrogens is 280 g/mol. The second-order valence-corrected chi connectivity index (χ2v) is 6.59. The Bertz CT molecular complexity index is 458. The van der Waals surface area contributed by atoms with Gasteiger partial charge < -0.3 is 9.88 Å². The molecule has 1 heterocycles. The number of amides is 1. The van der Waals surface area contributed by atoms with Gasteiger partial charge in [0, 0.05) is 23.3 Å². The SMILES string of the molecule is CC1(CNC(=O)c2cc(Br)cn2C2CC2)CC1. The molecule has 0 aliphatic heterocycles. The fraction of sp³-hybridized carbons (Fsp3) is 0.615. The van der Waals surface area contributed by atoms with Crippen molar-refractivity contribution in [3.8, 4) is 0 Å². The minimum atomic E-state index is 0.0655. The van der Waals surface area contributed by atoms with E-state index in [9.17, 15) is 4.79 Å². The summed E-state index contributed by atoms with van der Waals surface area (Å²) in [5.74, 6) is 0.0655. The lowest BCUT2D eigenvalue weighted by Crippen LogP contribution is -2.30. The van der Waals surface area contributed by atoms with Gasteiger partial charge in [0.1, 0.15) is 5.69 Å². The van der Waals surface area contributed by atoms with Crippen LogP contribution in [0.2, 0.25) is 0 Å². The van der Waals surface area contributed by atoms with Crippen molar-refractivity contribution in [1.29, 1.82) is 0 Å². The van der Waals surface area contributed by atoms with Crippen LogP contribution in [0.15, 0.2) is 16.7 Å². The van der Waals surface area contributed by atoms with E-state index in [1.54, 1.807) is 0 Å². The maximum atomic E-state index is 12.1. The minimum Gasteiger partial charge on any atom is -0.350 e. The van der Waals surface area contributed by atoms with Gasteiger partial charge in [-0.25, -0.2) is 0 Å². The zero-order valence-corrected chi connectivity index (χ0v) is 11.6. The van der Waals surface area contributed by atoms with E-state index in [-0.39, 0.29) is 5.91 Å². The molecule has 0 radical (unpaired) electrons. The molecule has 1 aromatic rings. The van der Waals surface area contributed by atoms with Crippen molar-refractivity contribution in [2.24, 2.45) is 5.41 Å². The molecule has 3 rings (SSSR count). The number of rotatable bonds is 4. The molecule has 1 N–H and O–H groups in total. The molecule has 0 atom stereocenters. The number of hydrogen-bond acceptors (Lipinski definition) is 1. The summed E-state index contributed by atoms with van der Waals surface area (Å²) in [5.41, 5.74) is 1.16. The average Bonchev–Trinajstić information content (AvgIpc) is 3.19. The molecule has 2 saturated carbocycles. The van der Waals surface area contributed by atoms with Crippen molar-refractivity contribution in [1.82, 2.24) is 9.88 Å². The molecule has 3 nitrogen and oxygen atoms in total. The number of nitrogens with one attached hydrogen (secondary N) is 1. The molecule has 2 aliphatic rings. The molecule has 2 aliphatic carbocycles. The molecule has 1 amide bonds. The lowest BCUT2D eigenvalue weighted by atomic mass is 10.1. The van der Waals surface area contributed by atoms with E-state index in [2.05, 4.69) is 32.7 Å². The maximum Gasteiger partial charge on any atom is 0.267 e. The smallest absolute Gasteiger partial charge is 0.267 e. The highest BCUT2D eigenvalue weighted by Crippen LogP contribution is 2.44. The van der Waals surface area contributed by atoms with E-state index >= 15 is 0 Å². The quantitative estimate of drug-likeness (QED) is 0.910. The molecular formula is C13H17BrN2O. The summed E-state index contributed by atoms with van der Waals surface area (Å²) in [7, 11) is 0. The van der Waals surface area contributed by atoms with Crippen molar-refractivity contribution in [2.45, 2.75) is 38.6 Å². The van der Waals surface area contributed by atoms with Gasteiger partial charge in [-0.2, -0.15) is 0 Å². The first-order chi connectivity index (χ1) is 8.07. The largest absolute Gasteiger partial charge is 0.350 e. The first kappa shape index (κ1) is 11.3. The Kier molecular flexibility index (Phi) is 2.58. The van der Waals surface area contributed by atoms with Crippen LogP contribution in [-0.4, -0.2) is 17.0 Å². The lowest BCUT2D eigenvalue weighted by Gasteiger charge is -2.11. The van der Waals surface area contributed by atoms with Gasteiger partial charge in [-0.05, 0) is 53.1 Å². The fourth-order valence-electron chi connectivity index (χ4n) is 2.06. The molecule has 92 valence electrons. The second-order valence-electron chi connectivity index (χ2n) is 5.68. The third kappa shape index (κ3) is 2.41. The highest BCUT2D eigenvalue weighted by Gasteiger charge is 2.37. The summed E-state index contributed by atoms with van der Waals surface area (Å²) in [6, 6.07) is 2.46. The second kappa shape index (κ2) is 3.87. The van der Waals surface area contributed by atoms with Crippen LogP contribution in [0, 0.1) is 5.41 Å². The van der Waals surface area contributed by atoms with Gasteiger partial charge in [-0.3, -0.25) is 4.79 Å². The Labute approximate surface area is 110 Å². The van der Waals surface area contributed by atoms with Crippen LogP contribution in [0.25, 0.3) is 0 Å². The minimum absolute atomic E-state index is 0.0655. The van der Waals surface area contributed by atoms with Crippen LogP contribution in [0.5, 0.6) is 0 Å². The van der Waals surface area contributed by atoms with E-state index in [0.29, 0.717) is 11.5 Å². The maximum absolute atomic E-state index is 12.1. The van der Waals surface area contributed by atoms with Crippen LogP contribution in [0.1, 0.15) is 49.1 Å². The molecule has 0 aromatic carbocycles. The molecule has 4 heteroatoms. The van der Waals surface area contributed by atoms with Crippen LogP contribution >= 0.6 is 15.9 Å². The summed E-state index contributed by atoms with van der Waals surface area (Å²) < 4.78 is 3.10. The third-order valence-electron chi connectivity index (χ3n) is 3.77. The summed E-state index contributed by atoms with van der Waals surface area (Å²) in [4.78, 5) is 12.1. The summed E-state index contributed by atoms with van der Waals surface area (Å²) in [6.07, 6.45) is 6.88. The topological polar surface area (TPSA) is 34.0 Å². The fourth-order valence-corrected chi connectivity index (χ4v) is 2.49. The number of nitrogens with zero attached hydrogens (tertiary/aromatic N) is 1. The standard InChI is InChI=1S/C13H17BrN2O/c1-13(4-5-13)8-15-12(17)11-6-9(14)7-16(11)10-2-3-10/h6-7,10H,2-5,8H2,1H3,(H,15,17). The Hall–Kier alpha value is -0.770. The van der Waals surface area contributed by atoms with Crippen LogP contribution < -0.4 is 5.32 Å². The molecule has 0 spiro atoms. The first-order valence-corrected chi connectivity index (χ1v) is 7.02. The van der Waals surface area contributed by atoms with Crippen LogP contribution in [0.4, 0.5) is 0 Å². The van der Waals surface area contributed by atoms with Gasteiger partial charge >= 0.3 is 0 Å². The Balaban J connectivity index is 1.71. The van der Waals surface area contributed by atoms with Gasteiger partial charge in [0.05, 0.1) is 0 Å². The summed E-state index contributed by atoms with van der Waals surface area (Å²) >= 11 is 3.45. The van der Waals surface area contributed by atoms with Crippen molar-refractivity contribution in [3.63, 3.8) is 0 Å². The van der Waals surface area contributed by atoms with Crippen LogP contribution in [-0.2, 0) is 0 Å². The third-order valence-corrected chi connectivity index (χ3v) is 4.20. The molecule has 17 heavy (non-hydrogen) atoms. The van der Waals surface area contributed by atoms with Crippen molar-refractivity contribution >= 4 is 21.8 Å². The van der Waals surface area contributed by atoms with E-state index in [1.807, 2.05) is 12.3 Å². The van der Waals surface area contributed by atoms with Gasteiger partial charge in [0.15, 0.2) is 0 Å². The predicted molar refractivity (Wildman–Crippen MR) is 70.1 cm³/mol. The molecule has 0 bridgehead atoms. The highest BCUT2D eigenvalue weighted by atomic mass is 79.9. The zero-order chi connectivity index (χ0) is 12.0. The van der Waals surface area contributed by atoms with Crippen molar-refractivity contribution in [3.05, 3.63) is 22.4 Å². The highest BCUT2D eigenvalue weighted by molar-refractivity contribution is 9.10. The molecule has 0 saturated heterocycles. The predicted octanol–water partition coefficient (Wildman–Crippen LogP) is 3.12. The Morgan fingerprint density at radius 2 is 2.29 bits per heavy atom. The van der Waals surface area contributed by atoms with Crippen molar-refractivity contribution in [2.75, 3.05) is 6.54 Å². The van der Waals surface area contributed by atoms with E-state index in [0.717, 1.165) is 16.7 Å². The number of hydrogen-bond donors (Lipinski definition) is 1. The van der Waals surface area contributed by atoms with Gasteiger partial charge in [-0.15, -0.1) is 0 Å². The zero-order valence-electron chi connectivity index (χ0n) is 10.0. The Morgan fingerprint density at radius 3 is 2.88 bits per heavy atom. The average molecular weight is 297 g/mol. The summed E-state index contributed by atoms with van der Waals surface area (Å²) in [6.45, 7) is 3.03. The van der Waals surface area contributed by atoms with E-state index in [1.165, 1.54) is 25.7 Å². The number of carbonyl (C=O) groups is 1. The number of aromatic nitrogens is 1. The van der Waals surface area contributed by atoms with Gasteiger partial charge in [0.25, 0.3) is 5.91 Å². The van der Waals surface area contributed by atoms with Crippen molar-refractivity contribution < 1.29 is 4.79 Å². The summed E-state index contributed by atoms with van der Waals surface area (Å²) in [5, 5.41) is 3.06. The number of halogens is 1. The van der Waals surface area contributed by atoms with Gasteiger partial charge in [0.2, 0.25) is 0 Å². The Morgan fingerprint density at radius 1 is 1.59 bits per heavy atom. The van der Waals surface area contributed by atoms with Crippen LogP contribution in [0.3, 0.4) is 0 Å². The van der Waals surface area contributed by atoms with E-state index in [4.69, 9.17) is 0 Å².